The Morgan fingerprint density at radius 3 is 2.48 bits per heavy atom. The molecule has 0 unspecified atom stereocenters. The number of hydrogen-bond donors (Lipinski definition) is 1. The standard InChI is InChI=1S/C18H17ClFNO4/c1-3-24-14-7-4-12(5-8-14)18(23)25-11(2)17(22)21-16-9-6-13(20)10-15(16)19/h4-11H,3H2,1-2H3,(H,21,22)/t11-/m0/s1. The second kappa shape index (κ2) is 8.48. The van der Waals surface area contributed by atoms with E-state index < -0.39 is 23.8 Å². The fraction of sp³-hybridized carbons (Fsp3) is 0.222. The Morgan fingerprint density at radius 1 is 1.20 bits per heavy atom. The average Bonchev–Trinajstić information content (AvgIpc) is 2.58. The monoisotopic (exact) mass is 365 g/mol. The van der Waals surface area contributed by atoms with E-state index in [-0.39, 0.29) is 10.7 Å². The second-order valence-electron chi connectivity index (χ2n) is 5.12. The van der Waals surface area contributed by atoms with E-state index in [0.29, 0.717) is 17.9 Å². The van der Waals surface area contributed by atoms with Crippen molar-refractivity contribution in [3.8, 4) is 5.75 Å². The maximum absolute atomic E-state index is 13.0. The van der Waals surface area contributed by atoms with Crippen molar-refractivity contribution >= 4 is 29.2 Å². The molecule has 0 aliphatic heterocycles. The molecule has 5 nitrogen and oxygen atoms in total. The summed E-state index contributed by atoms with van der Waals surface area (Å²) in [5, 5.41) is 2.54. The van der Waals surface area contributed by atoms with Crippen molar-refractivity contribution in [3.05, 3.63) is 58.9 Å². The molecule has 0 aliphatic carbocycles. The van der Waals surface area contributed by atoms with E-state index in [0.717, 1.165) is 12.1 Å². The zero-order chi connectivity index (χ0) is 18.4. The molecule has 1 N–H and O–H groups in total. The first-order valence-electron chi connectivity index (χ1n) is 7.60. The molecule has 132 valence electrons. The fourth-order valence-corrected chi connectivity index (χ4v) is 2.18. The van der Waals surface area contributed by atoms with Crippen molar-refractivity contribution in [1.82, 2.24) is 0 Å². The summed E-state index contributed by atoms with van der Waals surface area (Å²) in [6.07, 6.45) is -1.06. The number of esters is 1. The zero-order valence-electron chi connectivity index (χ0n) is 13.7. The maximum atomic E-state index is 13.0. The molecule has 0 aromatic heterocycles. The Hall–Kier alpha value is -2.60. The molecule has 2 rings (SSSR count). The van der Waals surface area contributed by atoms with Gasteiger partial charge in [0.15, 0.2) is 6.10 Å². The molecule has 0 radical (unpaired) electrons. The van der Waals surface area contributed by atoms with Gasteiger partial charge in [0.2, 0.25) is 0 Å². The lowest BCUT2D eigenvalue weighted by Gasteiger charge is -2.14. The third-order valence-corrected chi connectivity index (χ3v) is 3.56. The molecule has 0 spiro atoms. The predicted octanol–water partition coefficient (Wildman–Crippen LogP) is 4.06. The summed E-state index contributed by atoms with van der Waals surface area (Å²) in [6, 6.07) is 9.96. The molecule has 2 aromatic carbocycles. The smallest absolute Gasteiger partial charge is 0.338 e. The number of carbonyl (C=O) groups is 2. The summed E-state index contributed by atoms with van der Waals surface area (Å²) in [4.78, 5) is 24.2. The summed E-state index contributed by atoms with van der Waals surface area (Å²) < 4.78 is 23.4. The van der Waals surface area contributed by atoms with Crippen LogP contribution < -0.4 is 10.1 Å². The number of benzene rings is 2. The van der Waals surface area contributed by atoms with Crippen LogP contribution in [0.15, 0.2) is 42.5 Å². The number of nitrogens with one attached hydrogen (secondary N) is 1. The van der Waals surface area contributed by atoms with Gasteiger partial charge in [0.1, 0.15) is 11.6 Å². The lowest BCUT2D eigenvalue weighted by molar-refractivity contribution is -0.123. The van der Waals surface area contributed by atoms with Crippen molar-refractivity contribution in [1.29, 1.82) is 0 Å². The van der Waals surface area contributed by atoms with Crippen molar-refractivity contribution in [2.45, 2.75) is 20.0 Å². The highest BCUT2D eigenvalue weighted by Crippen LogP contribution is 2.22. The van der Waals surface area contributed by atoms with Crippen molar-refractivity contribution < 1.29 is 23.5 Å². The van der Waals surface area contributed by atoms with Gasteiger partial charge in [-0.1, -0.05) is 11.6 Å². The van der Waals surface area contributed by atoms with Gasteiger partial charge in [-0.15, -0.1) is 0 Å². The number of ether oxygens (including phenoxy) is 2. The zero-order valence-corrected chi connectivity index (χ0v) is 14.5. The topological polar surface area (TPSA) is 64.6 Å². The van der Waals surface area contributed by atoms with Gasteiger partial charge >= 0.3 is 5.97 Å². The highest BCUT2D eigenvalue weighted by molar-refractivity contribution is 6.33. The minimum absolute atomic E-state index is 0.0541. The van der Waals surface area contributed by atoms with Crippen molar-refractivity contribution in [2.75, 3.05) is 11.9 Å². The van der Waals surface area contributed by atoms with Crippen LogP contribution in [0.3, 0.4) is 0 Å². The molecule has 1 atom stereocenters. The van der Waals surface area contributed by atoms with Crippen LogP contribution in [0.1, 0.15) is 24.2 Å². The SMILES string of the molecule is CCOc1ccc(C(=O)O[C@@H](C)C(=O)Nc2ccc(F)cc2Cl)cc1. The van der Waals surface area contributed by atoms with Gasteiger partial charge < -0.3 is 14.8 Å². The Balaban J connectivity index is 1.96. The molecular formula is C18H17ClFNO4. The van der Waals surface area contributed by atoms with Crippen molar-refractivity contribution in [2.24, 2.45) is 0 Å². The Bertz CT molecular complexity index is 764. The molecule has 0 heterocycles. The number of carbonyl (C=O) groups excluding carboxylic acids is 2. The van der Waals surface area contributed by atoms with Crippen LogP contribution >= 0.6 is 11.6 Å². The largest absolute Gasteiger partial charge is 0.494 e. The van der Waals surface area contributed by atoms with Gasteiger partial charge in [-0.05, 0) is 56.3 Å². The summed E-state index contributed by atoms with van der Waals surface area (Å²) in [5.41, 5.74) is 0.528. The van der Waals surface area contributed by atoms with Crippen LogP contribution in [-0.2, 0) is 9.53 Å². The number of rotatable bonds is 6. The number of halogens is 2. The van der Waals surface area contributed by atoms with E-state index in [2.05, 4.69) is 5.32 Å². The molecular weight excluding hydrogens is 349 g/mol. The van der Waals surface area contributed by atoms with Crippen LogP contribution in [0.25, 0.3) is 0 Å². The Labute approximate surface area is 149 Å². The van der Waals surface area contributed by atoms with Gasteiger partial charge in [0.05, 0.1) is 22.9 Å². The van der Waals surface area contributed by atoms with E-state index in [4.69, 9.17) is 21.1 Å². The first kappa shape index (κ1) is 18.7. The quantitative estimate of drug-likeness (QED) is 0.784. The molecule has 0 aliphatic rings. The van der Waals surface area contributed by atoms with Crippen LogP contribution in [0.5, 0.6) is 5.75 Å². The van der Waals surface area contributed by atoms with E-state index in [9.17, 15) is 14.0 Å². The van der Waals surface area contributed by atoms with Gasteiger partial charge in [-0.25, -0.2) is 9.18 Å². The van der Waals surface area contributed by atoms with Crippen molar-refractivity contribution in [3.63, 3.8) is 0 Å². The van der Waals surface area contributed by atoms with E-state index in [1.807, 2.05) is 6.92 Å². The van der Waals surface area contributed by atoms with E-state index in [1.54, 1.807) is 24.3 Å². The number of amides is 1. The molecule has 0 saturated heterocycles. The molecule has 0 bridgehead atoms. The van der Waals surface area contributed by atoms with Gasteiger partial charge in [-0.2, -0.15) is 0 Å². The first-order chi connectivity index (χ1) is 11.9. The molecule has 0 saturated carbocycles. The van der Waals surface area contributed by atoms with E-state index in [1.165, 1.54) is 13.0 Å². The van der Waals surface area contributed by atoms with Gasteiger partial charge in [-0.3, -0.25) is 4.79 Å². The van der Waals surface area contributed by atoms with Gasteiger partial charge in [0, 0.05) is 0 Å². The highest BCUT2D eigenvalue weighted by atomic mass is 35.5. The minimum atomic E-state index is -1.06. The summed E-state index contributed by atoms with van der Waals surface area (Å²) >= 11 is 5.85. The normalized spacial score (nSPS) is 11.5. The maximum Gasteiger partial charge on any atom is 0.338 e. The summed E-state index contributed by atoms with van der Waals surface area (Å²) in [5.74, 6) is -1.10. The lowest BCUT2D eigenvalue weighted by Crippen LogP contribution is -2.30. The summed E-state index contributed by atoms with van der Waals surface area (Å²) in [7, 11) is 0. The Kier molecular flexibility index (Phi) is 6.36. The fourth-order valence-electron chi connectivity index (χ4n) is 1.96. The molecule has 0 fully saturated rings. The number of hydrogen-bond acceptors (Lipinski definition) is 4. The molecule has 1 amide bonds. The third kappa shape index (κ3) is 5.19. The molecule has 25 heavy (non-hydrogen) atoms. The second-order valence-corrected chi connectivity index (χ2v) is 5.53. The van der Waals surface area contributed by atoms with E-state index >= 15 is 0 Å². The third-order valence-electron chi connectivity index (χ3n) is 3.24. The van der Waals surface area contributed by atoms with Gasteiger partial charge in [0.25, 0.3) is 5.91 Å². The molecule has 2 aromatic rings. The first-order valence-corrected chi connectivity index (χ1v) is 7.98. The lowest BCUT2D eigenvalue weighted by atomic mass is 10.2. The van der Waals surface area contributed by atoms with Crippen LogP contribution in [0, 0.1) is 5.82 Å². The Morgan fingerprint density at radius 2 is 1.88 bits per heavy atom. The summed E-state index contributed by atoms with van der Waals surface area (Å²) in [6.45, 7) is 3.81. The predicted molar refractivity (Wildman–Crippen MR) is 92.5 cm³/mol. The van der Waals surface area contributed by atoms with Crippen LogP contribution in [0.2, 0.25) is 5.02 Å². The van der Waals surface area contributed by atoms with Crippen LogP contribution in [0.4, 0.5) is 10.1 Å². The molecule has 7 heteroatoms. The average molecular weight is 366 g/mol. The number of anilines is 1. The van der Waals surface area contributed by atoms with Crippen LogP contribution in [-0.4, -0.2) is 24.6 Å². The minimum Gasteiger partial charge on any atom is -0.494 e. The highest BCUT2D eigenvalue weighted by Gasteiger charge is 2.20.